The molecule has 0 spiro atoms. The SMILES string of the molecule is COc1ccc(OCCSCC(=O)O)cc1. The zero-order valence-corrected chi connectivity index (χ0v) is 9.83. The highest BCUT2D eigenvalue weighted by atomic mass is 32.2. The molecular weight excluding hydrogens is 228 g/mol. The molecule has 0 aliphatic rings. The van der Waals surface area contributed by atoms with Crippen LogP contribution in [0.3, 0.4) is 0 Å². The van der Waals surface area contributed by atoms with E-state index >= 15 is 0 Å². The number of hydrogen-bond donors (Lipinski definition) is 1. The molecule has 0 atom stereocenters. The van der Waals surface area contributed by atoms with Gasteiger partial charge in [-0.15, -0.1) is 11.8 Å². The summed E-state index contributed by atoms with van der Waals surface area (Å²) in [4.78, 5) is 10.2. The van der Waals surface area contributed by atoms with Crippen LogP contribution in [0.1, 0.15) is 0 Å². The fourth-order valence-corrected chi connectivity index (χ4v) is 1.57. The first-order valence-corrected chi connectivity index (χ1v) is 5.94. The smallest absolute Gasteiger partial charge is 0.313 e. The predicted octanol–water partition coefficient (Wildman–Crippen LogP) is 1.89. The van der Waals surface area contributed by atoms with Gasteiger partial charge in [0.2, 0.25) is 0 Å². The van der Waals surface area contributed by atoms with Crippen molar-refractivity contribution in [3.63, 3.8) is 0 Å². The van der Waals surface area contributed by atoms with Gasteiger partial charge in [0, 0.05) is 5.75 Å². The Hall–Kier alpha value is -1.36. The number of carbonyl (C=O) groups is 1. The molecule has 1 N–H and O–H groups in total. The Labute approximate surface area is 98.6 Å². The van der Waals surface area contributed by atoms with E-state index in [0.29, 0.717) is 12.4 Å². The molecule has 0 bridgehead atoms. The third kappa shape index (κ3) is 4.93. The van der Waals surface area contributed by atoms with E-state index < -0.39 is 5.97 Å². The summed E-state index contributed by atoms with van der Waals surface area (Å²) < 4.78 is 10.4. The lowest BCUT2D eigenvalue weighted by molar-refractivity contribution is -0.133. The molecule has 1 aromatic carbocycles. The maximum Gasteiger partial charge on any atom is 0.313 e. The fourth-order valence-electron chi connectivity index (χ4n) is 1.05. The molecule has 0 amide bonds. The summed E-state index contributed by atoms with van der Waals surface area (Å²) in [6.07, 6.45) is 0. The maximum absolute atomic E-state index is 10.2. The lowest BCUT2D eigenvalue weighted by atomic mass is 10.3. The van der Waals surface area contributed by atoms with Crippen LogP contribution in [0.25, 0.3) is 0 Å². The van der Waals surface area contributed by atoms with Crippen LogP contribution in [-0.2, 0) is 4.79 Å². The normalized spacial score (nSPS) is 9.81. The van der Waals surface area contributed by atoms with Crippen LogP contribution < -0.4 is 9.47 Å². The van der Waals surface area contributed by atoms with Gasteiger partial charge >= 0.3 is 5.97 Å². The molecule has 0 aliphatic heterocycles. The first kappa shape index (κ1) is 12.7. The number of aliphatic carboxylic acids is 1. The molecule has 0 radical (unpaired) electrons. The molecule has 0 saturated heterocycles. The molecule has 4 nitrogen and oxygen atoms in total. The topological polar surface area (TPSA) is 55.8 Å². The second kappa shape index (κ2) is 7.00. The van der Waals surface area contributed by atoms with Crippen molar-refractivity contribution in [3.05, 3.63) is 24.3 Å². The fraction of sp³-hybridized carbons (Fsp3) is 0.364. The van der Waals surface area contributed by atoms with Gasteiger partial charge in [-0.05, 0) is 24.3 Å². The minimum atomic E-state index is -0.797. The third-order valence-corrected chi connectivity index (χ3v) is 2.69. The monoisotopic (exact) mass is 242 g/mol. The van der Waals surface area contributed by atoms with E-state index in [4.69, 9.17) is 14.6 Å². The molecule has 88 valence electrons. The average molecular weight is 242 g/mol. The maximum atomic E-state index is 10.2. The molecule has 0 aliphatic carbocycles. The van der Waals surface area contributed by atoms with E-state index in [-0.39, 0.29) is 5.75 Å². The number of benzene rings is 1. The van der Waals surface area contributed by atoms with Gasteiger partial charge in [0.15, 0.2) is 0 Å². The largest absolute Gasteiger partial charge is 0.497 e. The Bertz CT molecular complexity index is 323. The summed E-state index contributed by atoms with van der Waals surface area (Å²) in [7, 11) is 1.61. The van der Waals surface area contributed by atoms with Crippen molar-refractivity contribution in [1.29, 1.82) is 0 Å². The second-order valence-corrected chi connectivity index (χ2v) is 4.08. The predicted molar refractivity (Wildman–Crippen MR) is 63.4 cm³/mol. The third-order valence-electron chi connectivity index (χ3n) is 1.78. The van der Waals surface area contributed by atoms with Gasteiger partial charge < -0.3 is 14.6 Å². The Kier molecular flexibility index (Phi) is 5.56. The summed E-state index contributed by atoms with van der Waals surface area (Å²) in [5.74, 6) is 1.53. The van der Waals surface area contributed by atoms with Crippen molar-refractivity contribution in [2.45, 2.75) is 0 Å². The van der Waals surface area contributed by atoms with Gasteiger partial charge in [-0.2, -0.15) is 0 Å². The zero-order chi connectivity index (χ0) is 11.8. The number of hydrogen-bond acceptors (Lipinski definition) is 4. The summed E-state index contributed by atoms with van der Waals surface area (Å²) in [5.41, 5.74) is 0. The van der Waals surface area contributed by atoms with E-state index in [0.717, 1.165) is 11.5 Å². The van der Waals surface area contributed by atoms with Gasteiger partial charge in [-0.1, -0.05) is 0 Å². The number of rotatable bonds is 7. The van der Waals surface area contributed by atoms with Crippen LogP contribution in [0.4, 0.5) is 0 Å². The van der Waals surface area contributed by atoms with Crippen LogP contribution in [-0.4, -0.2) is 36.3 Å². The Morgan fingerprint density at radius 2 is 1.94 bits per heavy atom. The van der Waals surface area contributed by atoms with Gasteiger partial charge in [-0.3, -0.25) is 4.79 Å². The van der Waals surface area contributed by atoms with Crippen LogP contribution in [0.5, 0.6) is 11.5 Å². The molecule has 1 aromatic rings. The Balaban J connectivity index is 2.19. The highest BCUT2D eigenvalue weighted by Gasteiger charge is 1.98. The lowest BCUT2D eigenvalue weighted by Gasteiger charge is -2.06. The molecule has 0 fully saturated rings. The van der Waals surface area contributed by atoms with Crippen molar-refractivity contribution in [3.8, 4) is 11.5 Å². The summed E-state index contributed by atoms with van der Waals surface area (Å²) >= 11 is 1.34. The summed E-state index contributed by atoms with van der Waals surface area (Å²) in [6, 6.07) is 7.28. The molecule has 0 heterocycles. The van der Waals surface area contributed by atoms with E-state index in [2.05, 4.69) is 0 Å². The van der Waals surface area contributed by atoms with Crippen molar-refractivity contribution < 1.29 is 19.4 Å². The molecule has 0 saturated carbocycles. The van der Waals surface area contributed by atoms with Crippen LogP contribution in [0.2, 0.25) is 0 Å². The van der Waals surface area contributed by atoms with Crippen LogP contribution in [0, 0.1) is 0 Å². The quantitative estimate of drug-likeness (QED) is 0.740. The number of ether oxygens (including phenoxy) is 2. The van der Waals surface area contributed by atoms with Gasteiger partial charge in [0.05, 0.1) is 19.5 Å². The molecule has 16 heavy (non-hydrogen) atoms. The molecular formula is C11H14O4S. The van der Waals surface area contributed by atoms with Gasteiger partial charge in [0.1, 0.15) is 11.5 Å². The lowest BCUT2D eigenvalue weighted by Crippen LogP contribution is -2.04. The molecule has 0 unspecified atom stereocenters. The molecule has 0 aromatic heterocycles. The molecule has 1 rings (SSSR count). The summed E-state index contributed by atoms with van der Waals surface area (Å²) in [5, 5.41) is 8.41. The van der Waals surface area contributed by atoms with Crippen LogP contribution in [0.15, 0.2) is 24.3 Å². The van der Waals surface area contributed by atoms with E-state index in [1.807, 2.05) is 24.3 Å². The van der Waals surface area contributed by atoms with Gasteiger partial charge in [0.25, 0.3) is 0 Å². The van der Waals surface area contributed by atoms with E-state index in [9.17, 15) is 4.79 Å². The van der Waals surface area contributed by atoms with Gasteiger partial charge in [-0.25, -0.2) is 0 Å². The highest BCUT2D eigenvalue weighted by molar-refractivity contribution is 7.99. The van der Waals surface area contributed by atoms with Crippen LogP contribution >= 0.6 is 11.8 Å². The Morgan fingerprint density at radius 3 is 2.50 bits per heavy atom. The van der Waals surface area contributed by atoms with E-state index in [1.165, 1.54) is 11.8 Å². The zero-order valence-electron chi connectivity index (χ0n) is 9.01. The number of methoxy groups -OCH3 is 1. The van der Waals surface area contributed by atoms with Crippen molar-refractivity contribution in [2.24, 2.45) is 0 Å². The number of carboxylic acids is 1. The first-order valence-electron chi connectivity index (χ1n) is 4.79. The average Bonchev–Trinajstić information content (AvgIpc) is 2.29. The standard InChI is InChI=1S/C11H14O4S/c1-14-9-2-4-10(5-3-9)15-6-7-16-8-11(12)13/h2-5H,6-8H2,1H3,(H,12,13). The van der Waals surface area contributed by atoms with Crippen molar-refractivity contribution >= 4 is 17.7 Å². The van der Waals surface area contributed by atoms with E-state index in [1.54, 1.807) is 7.11 Å². The van der Waals surface area contributed by atoms with Crippen molar-refractivity contribution in [1.82, 2.24) is 0 Å². The number of carboxylic acid groups (broad SMARTS) is 1. The first-order chi connectivity index (χ1) is 7.72. The number of thioether (sulfide) groups is 1. The minimum absolute atomic E-state index is 0.117. The Morgan fingerprint density at radius 1 is 1.31 bits per heavy atom. The van der Waals surface area contributed by atoms with Crippen molar-refractivity contribution in [2.75, 3.05) is 25.2 Å². The summed E-state index contributed by atoms with van der Waals surface area (Å²) in [6.45, 7) is 0.504. The molecule has 5 heteroatoms. The second-order valence-electron chi connectivity index (χ2n) is 2.97. The highest BCUT2D eigenvalue weighted by Crippen LogP contribution is 2.17. The minimum Gasteiger partial charge on any atom is -0.497 e.